The molecule has 0 aromatic heterocycles. The molecule has 0 aliphatic carbocycles. The molecular weight excluding hydrogens is 450 g/mol. The zero-order valence-corrected chi connectivity index (χ0v) is 24.9. The first kappa shape index (κ1) is 30.8. The van der Waals surface area contributed by atoms with E-state index in [0.29, 0.717) is 6.04 Å². The second-order valence-corrected chi connectivity index (χ2v) is 11.9. The number of rotatable bonds is 14. The van der Waals surface area contributed by atoms with Crippen LogP contribution in [0.3, 0.4) is 0 Å². The van der Waals surface area contributed by atoms with Crippen LogP contribution >= 0.6 is 0 Å². The van der Waals surface area contributed by atoms with Gasteiger partial charge in [-0.25, -0.2) is 0 Å². The lowest BCUT2D eigenvalue weighted by Crippen LogP contribution is -2.75. The second-order valence-electron chi connectivity index (χ2n) is 11.9. The Balaban J connectivity index is 2.28. The molecule has 210 valence electrons. The minimum atomic E-state index is -0.150. The summed E-state index contributed by atoms with van der Waals surface area (Å²) in [6, 6.07) is 0.371. The first-order valence-electron chi connectivity index (χ1n) is 14.7. The van der Waals surface area contributed by atoms with Gasteiger partial charge in [0, 0.05) is 30.2 Å². The normalized spacial score (nSPS) is 25.0. The van der Waals surface area contributed by atoms with Crippen LogP contribution in [-0.2, 0) is 4.84 Å². The van der Waals surface area contributed by atoms with E-state index in [2.05, 4.69) is 88.6 Å². The fourth-order valence-electron chi connectivity index (χ4n) is 5.89. The zero-order valence-electron chi connectivity index (χ0n) is 24.9. The average Bonchev–Trinajstić information content (AvgIpc) is 2.81. The van der Waals surface area contributed by atoms with Gasteiger partial charge in [-0.1, -0.05) is 47.5 Å². The summed E-state index contributed by atoms with van der Waals surface area (Å²) in [5.74, 6) is 1.66. The maximum atomic E-state index is 6.27. The van der Waals surface area contributed by atoms with Crippen LogP contribution in [0.1, 0.15) is 120 Å². The van der Waals surface area contributed by atoms with Gasteiger partial charge in [0.25, 0.3) is 0 Å². The monoisotopic (exact) mass is 507 g/mol. The van der Waals surface area contributed by atoms with Crippen molar-refractivity contribution < 1.29 is 4.84 Å². The summed E-state index contributed by atoms with van der Waals surface area (Å²) in [7, 11) is 0. The molecule has 0 unspecified atom stereocenters. The van der Waals surface area contributed by atoms with E-state index < -0.39 is 0 Å². The van der Waals surface area contributed by atoms with E-state index in [9.17, 15) is 0 Å². The van der Waals surface area contributed by atoms with Crippen molar-refractivity contribution >= 4 is 11.9 Å². The largest absolute Gasteiger partial charge is 0.334 e. The number of nitrogens with zero attached hydrogens (tertiary/aromatic N) is 3. The van der Waals surface area contributed by atoms with Crippen molar-refractivity contribution in [3.05, 3.63) is 0 Å². The standard InChI is InChI=1S/C28H57N7O/c1-10-15-17-29-24-31-23(32-25(33-24)30-18-16-11-2)28(13-4,14-5)34-22-20-26(6,7)35(36-19-12-3)27(8,9)21-22/h22-23,34H,10-21H2,1-9H3,(H3,29,30,31,32,33). The molecule has 4 N–H and O–H groups in total. The predicted molar refractivity (Wildman–Crippen MR) is 153 cm³/mol. The molecule has 8 heteroatoms. The van der Waals surface area contributed by atoms with Crippen molar-refractivity contribution in [3.8, 4) is 0 Å². The van der Waals surface area contributed by atoms with E-state index in [1.807, 2.05) is 0 Å². The second kappa shape index (κ2) is 14.0. The first-order valence-corrected chi connectivity index (χ1v) is 14.7. The van der Waals surface area contributed by atoms with Crippen LogP contribution in [0.25, 0.3) is 0 Å². The lowest BCUT2D eigenvalue weighted by molar-refractivity contribution is -0.284. The Morgan fingerprint density at radius 3 is 1.78 bits per heavy atom. The summed E-state index contributed by atoms with van der Waals surface area (Å²) >= 11 is 0. The van der Waals surface area contributed by atoms with E-state index in [4.69, 9.17) is 14.8 Å². The quantitative estimate of drug-likeness (QED) is 0.250. The molecule has 0 aromatic carbocycles. The van der Waals surface area contributed by atoms with Crippen molar-refractivity contribution in [2.75, 3.05) is 19.7 Å². The van der Waals surface area contributed by atoms with Gasteiger partial charge in [-0.15, -0.1) is 0 Å². The summed E-state index contributed by atoms with van der Waals surface area (Å²) in [5, 5.41) is 17.2. The van der Waals surface area contributed by atoms with E-state index in [1.165, 1.54) is 0 Å². The third-order valence-electron chi connectivity index (χ3n) is 7.68. The Morgan fingerprint density at radius 1 is 0.861 bits per heavy atom. The molecule has 0 aromatic rings. The van der Waals surface area contributed by atoms with Crippen molar-refractivity contribution in [2.24, 2.45) is 9.98 Å². The third-order valence-corrected chi connectivity index (χ3v) is 7.68. The molecule has 0 amide bonds. The maximum absolute atomic E-state index is 6.27. The van der Waals surface area contributed by atoms with Gasteiger partial charge in [-0.2, -0.15) is 5.06 Å². The summed E-state index contributed by atoms with van der Waals surface area (Å²) in [5.41, 5.74) is -0.269. The molecule has 2 aliphatic rings. The van der Waals surface area contributed by atoms with Crippen LogP contribution in [-0.4, -0.2) is 65.5 Å². The number of unbranched alkanes of at least 4 members (excludes halogenated alkanes) is 2. The Hall–Kier alpha value is -1.38. The number of nitrogens with one attached hydrogen (secondary N) is 4. The number of guanidine groups is 2. The smallest absolute Gasteiger partial charge is 0.199 e. The number of aliphatic imine (C=N–C) groups is 2. The summed E-state index contributed by atoms with van der Waals surface area (Å²) in [6.45, 7) is 22.8. The Bertz CT molecular complexity index is 671. The highest BCUT2D eigenvalue weighted by atomic mass is 16.7. The highest BCUT2D eigenvalue weighted by molar-refractivity contribution is 6.01. The van der Waals surface area contributed by atoms with Gasteiger partial charge < -0.3 is 16.0 Å². The van der Waals surface area contributed by atoms with Crippen molar-refractivity contribution in [2.45, 2.75) is 149 Å². The molecule has 2 heterocycles. The minimum Gasteiger partial charge on any atom is -0.334 e. The van der Waals surface area contributed by atoms with Gasteiger partial charge in [-0.05, 0) is 72.6 Å². The Morgan fingerprint density at radius 2 is 1.36 bits per heavy atom. The van der Waals surface area contributed by atoms with Gasteiger partial charge in [0.15, 0.2) is 11.9 Å². The molecule has 0 radical (unpaired) electrons. The van der Waals surface area contributed by atoms with Crippen LogP contribution in [0.4, 0.5) is 0 Å². The first-order chi connectivity index (χ1) is 17.1. The van der Waals surface area contributed by atoms with Crippen molar-refractivity contribution in [1.82, 2.24) is 26.3 Å². The van der Waals surface area contributed by atoms with Gasteiger partial charge in [-0.3, -0.25) is 20.1 Å². The van der Waals surface area contributed by atoms with E-state index in [-0.39, 0.29) is 22.8 Å². The van der Waals surface area contributed by atoms with E-state index in [0.717, 1.165) is 89.4 Å². The summed E-state index contributed by atoms with van der Waals surface area (Å²) < 4.78 is 0. The van der Waals surface area contributed by atoms with Crippen molar-refractivity contribution in [1.29, 1.82) is 0 Å². The molecule has 8 nitrogen and oxygen atoms in total. The number of hydroxylamine groups is 2. The topological polar surface area (TPSA) is 85.3 Å². The summed E-state index contributed by atoms with van der Waals surface area (Å²) in [4.78, 5) is 15.9. The van der Waals surface area contributed by atoms with E-state index >= 15 is 0 Å². The molecule has 0 saturated carbocycles. The van der Waals surface area contributed by atoms with Crippen LogP contribution < -0.4 is 21.3 Å². The molecule has 2 aliphatic heterocycles. The molecule has 36 heavy (non-hydrogen) atoms. The van der Waals surface area contributed by atoms with E-state index in [1.54, 1.807) is 0 Å². The lowest BCUT2D eigenvalue weighted by atomic mass is 9.77. The molecule has 0 spiro atoms. The van der Waals surface area contributed by atoms with Crippen LogP contribution in [0.2, 0.25) is 0 Å². The zero-order chi connectivity index (χ0) is 26.8. The molecule has 2 rings (SSSR count). The molecular formula is C28H57N7O. The Labute approximate surface area is 221 Å². The Kier molecular flexibility index (Phi) is 12.0. The third kappa shape index (κ3) is 8.06. The number of hydrogen-bond donors (Lipinski definition) is 4. The fraction of sp³-hybridized carbons (Fsp3) is 0.929. The highest BCUT2D eigenvalue weighted by Crippen LogP contribution is 2.40. The molecule has 2 saturated heterocycles. The molecule has 2 fully saturated rings. The summed E-state index contributed by atoms with van der Waals surface area (Å²) in [6.07, 6.45) is 9.50. The van der Waals surface area contributed by atoms with Crippen LogP contribution in [0.5, 0.6) is 0 Å². The van der Waals surface area contributed by atoms with Crippen molar-refractivity contribution in [3.63, 3.8) is 0 Å². The number of piperidine rings is 1. The lowest BCUT2D eigenvalue weighted by Gasteiger charge is -2.56. The van der Waals surface area contributed by atoms with Gasteiger partial charge >= 0.3 is 0 Å². The predicted octanol–water partition coefficient (Wildman–Crippen LogP) is 4.92. The molecule has 0 bridgehead atoms. The van der Waals surface area contributed by atoms with Gasteiger partial charge in [0.1, 0.15) is 6.17 Å². The SMILES string of the molecule is CCCCN=C1NC(=NCCCC)NC(C(CC)(CC)NC2CC(C)(C)N(OCCC)C(C)(C)C2)N1. The maximum Gasteiger partial charge on any atom is 0.199 e. The van der Waals surface area contributed by atoms with Gasteiger partial charge in [0.2, 0.25) is 0 Å². The average molecular weight is 508 g/mol. The molecule has 0 atom stereocenters. The highest BCUT2D eigenvalue weighted by Gasteiger charge is 2.49. The van der Waals surface area contributed by atoms with Crippen LogP contribution in [0, 0.1) is 0 Å². The van der Waals surface area contributed by atoms with Crippen LogP contribution in [0.15, 0.2) is 9.98 Å². The number of hydrogen-bond acceptors (Lipinski definition) is 5. The van der Waals surface area contributed by atoms with Gasteiger partial charge in [0.05, 0.1) is 12.1 Å². The minimum absolute atomic E-state index is 0.00454. The fourth-order valence-corrected chi connectivity index (χ4v) is 5.89.